The number of anilines is 1. The summed E-state index contributed by atoms with van der Waals surface area (Å²) in [7, 11) is 0. The Hall–Kier alpha value is -3.76. The van der Waals surface area contributed by atoms with E-state index in [-0.39, 0.29) is 5.91 Å². The van der Waals surface area contributed by atoms with Crippen LogP contribution in [-0.2, 0) is 6.61 Å². The first-order valence-electron chi connectivity index (χ1n) is 9.78. The minimum Gasteiger partial charge on any atom is -0.489 e. The zero-order chi connectivity index (χ0) is 21.5. The fourth-order valence-electron chi connectivity index (χ4n) is 2.94. The van der Waals surface area contributed by atoms with Crippen molar-refractivity contribution in [3.05, 3.63) is 119 Å². The number of hydrogen-bond acceptors (Lipinski definition) is 3. The van der Waals surface area contributed by atoms with E-state index in [2.05, 4.69) is 5.32 Å². The molecule has 0 aliphatic heterocycles. The molecule has 0 aromatic heterocycles. The highest BCUT2D eigenvalue weighted by molar-refractivity contribution is 6.31. The zero-order valence-corrected chi connectivity index (χ0v) is 17.4. The number of carbonyl (C=O) groups excluding carboxylic acids is 1. The molecule has 0 atom stereocenters. The smallest absolute Gasteiger partial charge is 0.255 e. The molecule has 0 saturated heterocycles. The predicted molar refractivity (Wildman–Crippen MR) is 123 cm³/mol. The molecule has 0 fully saturated rings. The highest BCUT2D eigenvalue weighted by Gasteiger charge is 2.09. The number of halogens is 1. The maximum absolute atomic E-state index is 12.7. The highest BCUT2D eigenvalue weighted by atomic mass is 35.5. The van der Waals surface area contributed by atoms with E-state index in [1.54, 1.807) is 30.3 Å². The fourth-order valence-corrected chi connectivity index (χ4v) is 3.13. The lowest BCUT2D eigenvalue weighted by atomic mass is 10.2. The summed E-state index contributed by atoms with van der Waals surface area (Å²) in [6, 6.07) is 31.3. The first kappa shape index (κ1) is 20.5. The number of amides is 1. The number of rotatable bonds is 7. The summed E-state index contributed by atoms with van der Waals surface area (Å²) in [5.41, 5.74) is 2.06. The van der Waals surface area contributed by atoms with Crippen LogP contribution >= 0.6 is 11.6 Å². The molecular formula is C26H20ClNO3. The standard InChI is InChI=1S/C26H20ClNO3/c27-25-12-5-4-7-20(25)18-30-24-11-6-8-19(17-24)26(29)28-21-13-15-23(16-14-21)31-22-9-2-1-3-10-22/h1-17H,18H2,(H,28,29). The van der Waals surface area contributed by atoms with E-state index in [0.717, 1.165) is 11.3 Å². The molecule has 4 aromatic rings. The summed E-state index contributed by atoms with van der Waals surface area (Å²) < 4.78 is 11.6. The van der Waals surface area contributed by atoms with E-state index in [1.165, 1.54) is 0 Å². The summed E-state index contributed by atoms with van der Waals surface area (Å²) in [5.74, 6) is 1.83. The number of nitrogens with one attached hydrogen (secondary N) is 1. The van der Waals surface area contributed by atoms with Crippen molar-refractivity contribution in [3.8, 4) is 17.2 Å². The lowest BCUT2D eigenvalue weighted by Gasteiger charge is -2.10. The molecule has 0 saturated carbocycles. The Kier molecular flexibility index (Phi) is 6.50. The number of hydrogen-bond donors (Lipinski definition) is 1. The molecule has 4 nitrogen and oxygen atoms in total. The quantitative estimate of drug-likeness (QED) is 0.345. The normalized spacial score (nSPS) is 10.4. The van der Waals surface area contributed by atoms with Crippen LogP contribution in [0.5, 0.6) is 17.2 Å². The van der Waals surface area contributed by atoms with Crippen LogP contribution in [0, 0.1) is 0 Å². The molecule has 4 aromatic carbocycles. The maximum Gasteiger partial charge on any atom is 0.255 e. The van der Waals surface area contributed by atoms with Crippen molar-refractivity contribution < 1.29 is 14.3 Å². The minimum atomic E-state index is -0.222. The van der Waals surface area contributed by atoms with Gasteiger partial charge in [-0.05, 0) is 60.7 Å². The Morgan fingerprint density at radius 3 is 2.19 bits per heavy atom. The SMILES string of the molecule is O=C(Nc1ccc(Oc2ccccc2)cc1)c1cccc(OCc2ccccc2Cl)c1. The second-order valence-corrected chi connectivity index (χ2v) is 7.21. The number of para-hydroxylation sites is 1. The highest BCUT2D eigenvalue weighted by Crippen LogP contribution is 2.24. The fraction of sp³-hybridized carbons (Fsp3) is 0.0385. The molecular weight excluding hydrogens is 410 g/mol. The van der Waals surface area contributed by atoms with Gasteiger partial charge in [0.1, 0.15) is 23.9 Å². The molecule has 1 N–H and O–H groups in total. The Bertz CT molecular complexity index is 1160. The van der Waals surface area contributed by atoms with Crippen LogP contribution in [0.25, 0.3) is 0 Å². The third-order valence-corrected chi connectivity index (χ3v) is 4.91. The average Bonchev–Trinajstić information content (AvgIpc) is 2.81. The summed E-state index contributed by atoms with van der Waals surface area (Å²) in [5, 5.41) is 3.54. The molecule has 0 bridgehead atoms. The first-order valence-corrected chi connectivity index (χ1v) is 10.2. The number of benzene rings is 4. The molecule has 31 heavy (non-hydrogen) atoms. The summed E-state index contributed by atoms with van der Waals surface area (Å²) in [6.45, 7) is 0.327. The Balaban J connectivity index is 1.37. The van der Waals surface area contributed by atoms with Gasteiger partial charge in [-0.25, -0.2) is 0 Å². The van der Waals surface area contributed by atoms with Gasteiger partial charge in [-0.1, -0.05) is 54.1 Å². The van der Waals surface area contributed by atoms with Crippen LogP contribution in [0.1, 0.15) is 15.9 Å². The van der Waals surface area contributed by atoms with Gasteiger partial charge in [0, 0.05) is 21.8 Å². The van der Waals surface area contributed by atoms with Gasteiger partial charge in [0.15, 0.2) is 0 Å². The van der Waals surface area contributed by atoms with Crippen molar-refractivity contribution >= 4 is 23.2 Å². The van der Waals surface area contributed by atoms with Crippen LogP contribution in [0.3, 0.4) is 0 Å². The van der Waals surface area contributed by atoms with Crippen molar-refractivity contribution in [2.45, 2.75) is 6.61 Å². The second kappa shape index (κ2) is 9.83. The molecule has 0 unspecified atom stereocenters. The molecule has 0 heterocycles. The maximum atomic E-state index is 12.7. The van der Waals surface area contributed by atoms with Crippen LogP contribution in [0.4, 0.5) is 5.69 Å². The van der Waals surface area contributed by atoms with Gasteiger partial charge in [-0.2, -0.15) is 0 Å². The van der Waals surface area contributed by atoms with Crippen molar-refractivity contribution in [2.24, 2.45) is 0 Å². The van der Waals surface area contributed by atoms with Crippen LogP contribution in [0.2, 0.25) is 5.02 Å². The largest absolute Gasteiger partial charge is 0.489 e. The van der Waals surface area contributed by atoms with Gasteiger partial charge in [0.25, 0.3) is 5.91 Å². The van der Waals surface area contributed by atoms with E-state index in [9.17, 15) is 4.79 Å². The Morgan fingerprint density at radius 1 is 0.742 bits per heavy atom. The third-order valence-electron chi connectivity index (χ3n) is 4.54. The molecule has 154 valence electrons. The number of ether oxygens (including phenoxy) is 2. The van der Waals surface area contributed by atoms with Gasteiger partial charge >= 0.3 is 0 Å². The Morgan fingerprint density at radius 2 is 1.42 bits per heavy atom. The lowest BCUT2D eigenvalue weighted by molar-refractivity contribution is 0.102. The predicted octanol–water partition coefficient (Wildman–Crippen LogP) is 6.96. The first-order chi connectivity index (χ1) is 15.2. The molecule has 0 spiro atoms. The summed E-state index contributed by atoms with van der Waals surface area (Å²) >= 11 is 6.17. The van der Waals surface area contributed by atoms with Crippen molar-refractivity contribution in [1.82, 2.24) is 0 Å². The lowest BCUT2D eigenvalue weighted by Crippen LogP contribution is -2.11. The molecule has 0 radical (unpaired) electrons. The minimum absolute atomic E-state index is 0.222. The third kappa shape index (κ3) is 5.65. The van der Waals surface area contributed by atoms with E-state index < -0.39 is 0 Å². The van der Waals surface area contributed by atoms with Gasteiger partial charge in [0.05, 0.1) is 0 Å². The van der Waals surface area contributed by atoms with Gasteiger partial charge in [-0.3, -0.25) is 4.79 Å². The van der Waals surface area contributed by atoms with E-state index >= 15 is 0 Å². The van der Waals surface area contributed by atoms with Gasteiger partial charge < -0.3 is 14.8 Å². The van der Waals surface area contributed by atoms with Crippen molar-refractivity contribution in [2.75, 3.05) is 5.32 Å². The molecule has 0 aliphatic rings. The Labute approximate surface area is 186 Å². The summed E-state index contributed by atoms with van der Waals surface area (Å²) in [4.78, 5) is 12.7. The topological polar surface area (TPSA) is 47.6 Å². The molecule has 0 aliphatic carbocycles. The van der Waals surface area contributed by atoms with Gasteiger partial charge in [-0.15, -0.1) is 0 Å². The average molecular weight is 430 g/mol. The van der Waals surface area contributed by atoms with E-state index in [0.29, 0.717) is 34.4 Å². The van der Waals surface area contributed by atoms with E-state index in [1.807, 2.05) is 72.8 Å². The van der Waals surface area contributed by atoms with Crippen LogP contribution in [0.15, 0.2) is 103 Å². The van der Waals surface area contributed by atoms with Crippen molar-refractivity contribution in [1.29, 1.82) is 0 Å². The number of carbonyl (C=O) groups is 1. The van der Waals surface area contributed by atoms with Gasteiger partial charge in [0.2, 0.25) is 0 Å². The van der Waals surface area contributed by atoms with E-state index in [4.69, 9.17) is 21.1 Å². The zero-order valence-electron chi connectivity index (χ0n) is 16.6. The van der Waals surface area contributed by atoms with Crippen molar-refractivity contribution in [3.63, 3.8) is 0 Å². The monoisotopic (exact) mass is 429 g/mol. The second-order valence-electron chi connectivity index (χ2n) is 6.80. The molecule has 4 rings (SSSR count). The van der Waals surface area contributed by atoms with Crippen LogP contribution < -0.4 is 14.8 Å². The summed E-state index contributed by atoms with van der Waals surface area (Å²) in [6.07, 6.45) is 0. The molecule has 1 amide bonds. The van der Waals surface area contributed by atoms with Crippen LogP contribution in [-0.4, -0.2) is 5.91 Å². The molecule has 5 heteroatoms.